The Balaban J connectivity index is 1.79. The van der Waals surface area contributed by atoms with Crippen molar-refractivity contribution in [3.63, 3.8) is 0 Å². The van der Waals surface area contributed by atoms with E-state index in [0.29, 0.717) is 23.2 Å². The first-order valence-electron chi connectivity index (χ1n) is 9.53. The predicted molar refractivity (Wildman–Crippen MR) is 120 cm³/mol. The molecular formula is C22H25N3O4S. The Morgan fingerprint density at radius 1 is 1.03 bits per heavy atom. The van der Waals surface area contributed by atoms with Gasteiger partial charge in [-0.2, -0.15) is 5.10 Å². The molecule has 0 aliphatic carbocycles. The molecule has 1 atom stereocenters. The van der Waals surface area contributed by atoms with E-state index >= 15 is 0 Å². The van der Waals surface area contributed by atoms with E-state index in [9.17, 15) is 4.79 Å². The van der Waals surface area contributed by atoms with Gasteiger partial charge in [0.25, 0.3) is 0 Å². The number of amidine groups is 1. The molecule has 3 rings (SSSR count). The Morgan fingerprint density at radius 3 is 2.40 bits per heavy atom. The van der Waals surface area contributed by atoms with Crippen LogP contribution in [0.4, 0.5) is 0 Å². The minimum atomic E-state index is -0.140. The van der Waals surface area contributed by atoms with Crippen molar-refractivity contribution in [2.75, 3.05) is 21.3 Å². The zero-order valence-electron chi connectivity index (χ0n) is 17.5. The van der Waals surface area contributed by atoms with Crippen LogP contribution in [0.3, 0.4) is 0 Å². The summed E-state index contributed by atoms with van der Waals surface area (Å²) in [6.07, 6.45) is 2.37. The number of carbonyl (C=O) groups is 1. The van der Waals surface area contributed by atoms with Gasteiger partial charge < -0.3 is 14.2 Å². The van der Waals surface area contributed by atoms with Crippen molar-refractivity contribution in [1.82, 2.24) is 4.90 Å². The Hall–Kier alpha value is -3.00. The number of methoxy groups -OCH3 is 3. The van der Waals surface area contributed by atoms with E-state index in [4.69, 9.17) is 14.2 Å². The maximum absolute atomic E-state index is 12.8. The van der Waals surface area contributed by atoms with Crippen LogP contribution in [0.25, 0.3) is 0 Å². The lowest BCUT2D eigenvalue weighted by atomic mass is 10.2. The van der Waals surface area contributed by atoms with Crippen LogP contribution in [0.5, 0.6) is 17.2 Å². The average Bonchev–Trinajstić information content (AvgIpc) is 3.08. The molecule has 0 saturated carbocycles. The Kier molecular flexibility index (Phi) is 7.35. The van der Waals surface area contributed by atoms with Crippen LogP contribution in [0, 0.1) is 0 Å². The maximum Gasteiger partial charge on any atom is 0.242 e. The molecule has 0 radical (unpaired) electrons. The lowest BCUT2D eigenvalue weighted by Gasteiger charge is -2.16. The van der Waals surface area contributed by atoms with Crippen LogP contribution in [0.2, 0.25) is 0 Å². The molecule has 0 aromatic heterocycles. The molecule has 0 spiro atoms. The van der Waals surface area contributed by atoms with Crippen LogP contribution in [-0.2, 0) is 11.3 Å². The SMILES string of the molecule is CC[C@@H]1S/C(=N/N=C\c2ccc(OC)c(OC)c2)N(Cc2ccc(OC)cc2)C1=O. The topological polar surface area (TPSA) is 72.7 Å². The molecule has 2 aromatic carbocycles. The van der Waals surface area contributed by atoms with E-state index in [1.165, 1.54) is 11.8 Å². The fourth-order valence-electron chi connectivity index (χ4n) is 2.98. The van der Waals surface area contributed by atoms with Crippen molar-refractivity contribution >= 4 is 29.1 Å². The van der Waals surface area contributed by atoms with E-state index in [1.807, 2.05) is 49.4 Å². The van der Waals surface area contributed by atoms with Gasteiger partial charge >= 0.3 is 0 Å². The highest BCUT2D eigenvalue weighted by Crippen LogP contribution is 2.31. The second-order valence-electron chi connectivity index (χ2n) is 6.53. The minimum absolute atomic E-state index is 0.0541. The first-order valence-corrected chi connectivity index (χ1v) is 10.4. The van der Waals surface area contributed by atoms with Crippen LogP contribution in [-0.4, -0.2) is 48.8 Å². The molecule has 158 valence electrons. The molecule has 30 heavy (non-hydrogen) atoms. The summed E-state index contributed by atoms with van der Waals surface area (Å²) in [4.78, 5) is 14.5. The summed E-state index contributed by atoms with van der Waals surface area (Å²) >= 11 is 1.45. The normalized spacial score (nSPS) is 17.7. The standard InChI is InChI=1S/C22H25N3O4S/c1-5-20-21(26)25(14-15-6-9-17(27-2)10-7-15)22(30-20)24-23-13-16-8-11-18(28-3)19(12-16)29-4/h6-13,20H,5,14H2,1-4H3/b23-13-,24-22+/t20-/m0/s1. The Morgan fingerprint density at radius 2 is 1.77 bits per heavy atom. The zero-order chi connectivity index (χ0) is 21.5. The largest absolute Gasteiger partial charge is 0.497 e. The van der Waals surface area contributed by atoms with Gasteiger partial charge in [-0.3, -0.25) is 9.69 Å². The molecular weight excluding hydrogens is 402 g/mol. The molecule has 7 nitrogen and oxygen atoms in total. The number of hydrogen-bond acceptors (Lipinski definition) is 7. The van der Waals surface area contributed by atoms with E-state index in [-0.39, 0.29) is 11.2 Å². The van der Waals surface area contributed by atoms with E-state index in [2.05, 4.69) is 10.2 Å². The molecule has 1 fully saturated rings. The summed E-state index contributed by atoms with van der Waals surface area (Å²) in [5, 5.41) is 9.00. The quantitative estimate of drug-likeness (QED) is 0.471. The van der Waals surface area contributed by atoms with Crippen LogP contribution in [0.1, 0.15) is 24.5 Å². The molecule has 1 amide bonds. The van der Waals surface area contributed by atoms with Crippen molar-refractivity contribution in [1.29, 1.82) is 0 Å². The van der Waals surface area contributed by atoms with Crippen molar-refractivity contribution in [3.8, 4) is 17.2 Å². The van der Waals surface area contributed by atoms with Gasteiger partial charge in [-0.25, -0.2) is 0 Å². The second-order valence-corrected chi connectivity index (χ2v) is 7.70. The van der Waals surface area contributed by atoms with Crippen molar-refractivity contribution in [3.05, 3.63) is 53.6 Å². The Bertz CT molecular complexity index is 944. The summed E-state index contributed by atoms with van der Waals surface area (Å²) in [7, 11) is 4.80. The number of thioether (sulfide) groups is 1. The summed E-state index contributed by atoms with van der Waals surface area (Å²) in [5.74, 6) is 2.10. The second kappa shape index (κ2) is 10.2. The molecule has 1 heterocycles. The number of carbonyl (C=O) groups excluding carboxylic acids is 1. The minimum Gasteiger partial charge on any atom is -0.497 e. The summed E-state index contributed by atoms with van der Waals surface area (Å²) in [5.41, 5.74) is 1.82. The number of amides is 1. The molecule has 1 aliphatic heterocycles. The first-order chi connectivity index (χ1) is 14.6. The fourth-order valence-corrected chi connectivity index (χ4v) is 4.01. The highest BCUT2D eigenvalue weighted by atomic mass is 32.2. The van der Waals surface area contributed by atoms with Crippen LogP contribution in [0.15, 0.2) is 52.7 Å². The monoisotopic (exact) mass is 427 g/mol. The molecule has 0 bridgehead atoms. The fraction of sp³-hybridized carbons (Fsp3) is 0.318. The number of benzene rings is 2. The summed E-state index contributed by atoms with van der Waals surface area (Å²) < 4.78 is 15.8. The van der Waals surface area contributed by atoms with E-state index in [1.54, 1.807) is 32.4 Å². The maximum atomic E-state index is 12.8. The third-order valence-electron chi connectivity index (χ3n) is 4.65. The highest BCUT2D eigenvalue weighted by molar-refractivity contribution is 8.15. The molecule has 0 N–H and O–H groups in total. The van der Waals surface area contributed by atoms with Gasteiger partial charge in [-0.1, -0.05) is 30.8 Å². The van der Waals surface area contributed by atoms with Gasteiger partial charge in [-0.15, -0.1) is 5.10 Å². The van der Waals surface area contributed by atoms with E-state index in [0.717, 1.165) is 23.3 Å². The molecule has 1 saturated heterocycles. The van der Waals surface area contributed by atoms with Crippen molar-refractivity contribution < 1.29 is 19.0 Å². The lowest BCUT2D eigenvalue weighted by molar-refractivity contribution is -0.126. The smallest absolute Gasteiger partial charge is 0.242 e. The number of ether oxygens (including phenoxy) is 3. The van der Waals surface area contributed by atoms with Crippen molar-refractivity contribution in [2.24, 2.45) is 10.2 Å². The van der Waals surface area contributed by atoms with Gasteiger partial charge in [0.2, 0.25) is 5.91 Å². The van der Waals surface area contributed by atoms with Gasteiger partial charge in [0, 0.05) is 0 Å². The summed E-state index contributed by atoms with van der Waals surface area (Å²) in [6, 6.07) is 13.1. The number of hydrogen-bond donors (Lipinski definition) is 0. The van der Waals surface area contributed by atoms with E-state index < -0.39 is 0 Å². The Labute approximate surface area is 180 Å². The number of rotatable bonds is 8. The van der Waals surface area contributed by atoms with Gasteiger partial charge in [0.1, 0.15) is 5.75 Å². The lowest BCUT2D eigenvalue weighted by Crippen LogP contribution is -2.31. The molecule has 2 aromatic rings. The van der Waals surface area contributed by atoms with Crippen molar-refractivity contribution in [2.45, 2.75) is 25.1 Å². The summed E-state index contributed by atoms with van der Waals surface area (Å²) in [6.45, 7) is 2.44. The molecule has 0 unspecified atom stereocenters. The van der Waals surface area contributed by atoms with Gasteiger partial charge in [-0.05, 0) is 47.9 Å². The van der Waals surface area contributed by atoms with Gasteiger partial charge in [0.05, 0.1) is 39.3 Å². The number of nitrogens with zero attached hydrogens (tertiary/aromatic N) is 3. The molecule has 8 heteroatoms. The average molecular weight is 428 g/mol. The predicted octanol–water partition coefficient (Wildman–Crippen LogP) is 3.96. The first kappa shape index (κ1) is 21.7. The zero-order valence-corrected chi connectivity index (χ0v) is 18.3. The third kappa shape index (κ3) is 4.94. The van der Waals surface area contributed by atoms with Crippen LogP contribution >= 0.6 is 11.8 Å². The van der Waals surface area contributed by atoms with Gasteiger partial charge in [0.15, 0.2) is 16.7 Å². The molecule has 1 aliphatic rings. The third-order valence-corrected chi connectivity index (χ3v) is 5.98. The van der Waals surface area contributed by atoms with Crippen LogP contribution < -0.4 is 14.2 Å². The highest BCUT2D eigenvalue weighted by Gasteiger charge is 2.36.